The highest BCUT2D eigenvalue weighted by Crippen LogP contribution is 2.43. The largest absolute Gasteiger partial charge is 0.272 e. The monoisotopic (exact) mass is 374 g/mol. The molecule has 1 aliphatic heterocycles. The van der Waals surface area contributed by atoms with E-state index in [0.717, 1.165) is 5.56 Å². The first-order chi connectivity index (χ1) is 13.6. The molecule has 0 spiro atoms. The Balaban J connectivity index is 1.88. The van der Waals surface area contributed by atoms with E-state index in [4.69, 9.17) is 0 Å². The fourth-order valence-corrected chi connectivity index (χ4v) is 3.83. The van der Waals surface area contributed by atoms with Crippen LogP contribution < -0.4 is 5.56 Å². The minimum atomic E-state index is -0.518. The van der Waals surface area contributed by atoms with Gasteiger partial charge in [-0.1, -0.05) is 30.3 Å². The summed E-state index contributed by atoms with van der Waals surface area (Å²) in [6, 6.07) is 12.4. The molecule has 7 nitrogen and oxygen atoms in total. The predicted molar refractivity (Wildman–Crippen MR) is 103 cm³/mol. The van der Waals surface area contributed by atoms with Gasteiger partial charge in [0.25, 0.3) is 5.56 Å². The average molecular weight is 374 g/mol. The number of hydrogen-bond donors (Lipinski definition) is 1. The van der Waals surface area contributed by atoms with E-state index in [-0.39, 0.29) is 17.2 Å². The molecule has 2 aromatic carbocycles. The summed E-state index contributed by atoms with van der Waals surface area (Å²) >= 11 is 0. The molecule has 8 heteroatoms. The Morgan fingerprint density at radius 1 is 1.18 bits per heavy atom. The van der Waals surface area contributed by atoms with Gasteiger partial charge in [-0.25, -0.2) is 14.5 Å². The summed E-state index contributed by atoms with van der Waals surface area (Å²) in [5.74, 6) is -0.417. The molecule has 1 aliphatic rings. The van der Waals surface area contributed by atoms with Crippen LogP contribution in [-0.2, 0) is 7.05 Å². The maximum atomic E-state index is 14.1. The second-order valence-electron chi connectivity index (χ2n) is 6.72. The maximum absolute atomic E-state index is 14.1. The van der Waals surface area contributed by atoms with E-state index >= 15 is 0 Å². The van der Waals surface area contributed by atoms with Crippen LogP contribution in [0.1, 0.15) is 28.9 Å². The van der Waals surface area contributed by atoms with Crippen molar-refractivity contribution in [3.63, 3.8) is 0 Å². The Kier molecular flexibility index (Phi) is 3.65. The van der Waals surface area contributed by atoms with Crippen LogP contribution in [0.15, 0.2) is 58.6 Å². The standard InChI is InChI=1S/C20H15FN6O/c1-27-19(23-10-24-27)17-14(11-5-3-2-4-6-11)9-22-15-8-12(21)7-13-16(15)18(17)25-26-20(13)28/h2-10,14,17H,1H3,(H,26,28). The van der Waals surface area contributed by atoms with Crippen molar-refractivity contribution in [3.8, 4) is 0 Å². The predicted octanol–water partition coefficient (Wildman–Crippen LogP) is 2.82. The summed E-state index contributed by atoms with van der Waals surface area (Å²) in [6.07, 6.45) is 3.25. The highest BCUT2D eigenvalue weighted by molar-refractivity contribution is 5.97. The quantitative estimate of drug-likeness (QED) is 0.584. The second-order valence-corrected chi connectivity index (χ2v) is 6.72. The molecule has 0 fully saturated rings. The van der Waals surface area contributed by atoms with Gasteiger partial charge in [0.1, 0.15) is 18.0 Å². The number of nitrogens with one attached hydrogen (secondary N) is 1. The van der Waals surface area contributed by atoms with Gasteiger partial charge in [-0.3, -0.25) is 14.5 Å². The summed E-state index contributed by atoms with van der Waals surface area (Å²) in [4.78, 5) is 21.3. The third-order valence-electron chi connectivity index (χ3n) is 5.10. The lowest BCUT2D eigenvalue weighted by atomic mass is 9.83. The Hall–Kier alpha value is -3.68. The van der Waals surface area contributed by atoms with Gasteiger partial charge in [0.2, 0.25) is 0 Å². The molecule has 0 radical (unpaired) electrons. The third-order valence-corrected chi connectivity index (χ3v) is 5.10. The van der Waals surface area contributed by atoms with E-state index in [1.165, 1.54) is 18.5 Å². The van der Waals surface area contributed by atoms with E-state index < -0.39 is 11.4 Å². The van der Waals surface area contributed by atoms with Gasteiger partial charge in [-0.05, 0) is 11.6 Å². The van der Waals surface area contributed by atoms with Crippen LogP contribution in [-0.4, -0.2) is 31.2 Å². The van der Waals surface area contributed by atoms with Crippen molar-refractivity contribution in [3.05, 3.63) is 82.0 Å². The topological polar surface area (TPSA) is 88.8 Å². The first-order valence-corrected chi connectivity index (χ1v) is 8.78. The second kappa shape index (κ2) is 6.19. The smallest absolute Gasteiger partial charge is 0.267 e. The van der Waals surface area contributed by atoms with Gasteiger partial charge in [0, 0.05) is 30.6 Å². The first-order valence-electron chi connectivity index (χ1n) is 8.78. The Morgan fingerprint density at radius 3 is 2.75 bits per heavy atom. The number of nitrogens with zero attached hydrogens (tertiary/aromatic N) is 5. The average Bonchev–Trinajstić information content (AvgIpc) is 3.05. The van der Waals surface area contributed by atoms with E-state index in [1.54, 1.807) is 17.9 Å². The zero-order chi connectivity index (χ0) is 19.3. The number of aromatic nitrogens is 5. The summed E-state index contributed by atoms with van der Waals surface area (Å²) in [5, 5.41) is 11.8. The molecule has 0 bridgehead atoms. The zero-order valence-electron chi connectivity index (χ0n) is 14.9. The Labute approximate surface area is 158 Å². The van der Waals surface area contributed by atoms with Crippen molar-refractivity contribution in [2.45, 2.75) is 11.8 Å². The number of H-pyrrole nitrogens is 1. The summed E-state index contributed by atoms with van der Waals surface area (Å²) in [5.41, 5.74) is 1.53. The number of benzene rings is 2. The molecule has 138 valence electrons. The van der Waals surface area contributed by atoms with Crippen LogP contribution in [0.4, 0.5) is 10.1 Å². The van der Waals surface area contributed by atoms with E-state index in [2.05, 4.69) is 25.3 Å². The molecule has 28 heavy (non-hydrogen) atoms. The number of aryl methyl sites for hydroxylation is 1. The zero-order valence-corrected chi connectivity index (χ0v) is 14.9. The van der Waals surface area contributed by atoms with Crippen molar-refractivity contribution in [1.82, 2.24) is 25.0 Å². The van der Waals surface area contributed by atoms with Crippen molar-refractivity contribution >= 4 is 22.7 Å². The first kappa shape index (κ1) is 16.5. The number of rotatable bonds is 2. The molecule has 1 N–H and O–H groups in total. The van der Waals surface area contributed by atoms with Gasteiger partial charge in [-0.15, -0.1) is 0 Å². The minimum absolute atomic E-state index is 0.220. The van der Waals surface area contributed by atoms with Gasteiger partial charge in [0.15, 0.2) is 0 Å². The van der Waals surface area contributed by atoms with Crippen LogP contribution in [0.25, 0.3) is 10.8 Å². The molecule has 0 saturated carbocycles. The summed E-state index contributed by atoms with van der Waals surface area (Å²) < 4.78 is 15.8. The summed E-state index contributed by atoms with van der Waals surface area (Å²) in [7, 11) is 1.81. The molecule has 2 atom stereocenters. The van der Waals surface area contributed by atoms with Crippen molar-refractivity contribution in [2.75, 3.05) is 0 Å². The maximum Gasteiger partial charge on any atom is 0.272 e. The third kappa shape index (κ3) is 2.45. The lowest BCUT2D eigenvalue weighted by Crippen LogP contribution is -2.21. The molecule has 0 amide bonds. The molecular formula is C20H15FN6O. The highest BCUT2D eigenvalue weighted by Gasteiger charge is 2.34. The number of hydrogen-bond acceptors (Lipinski definition) is 5. The number of aliphatic imine (C=N–C) groups is 1. The molecular weight excluding hydrogens is 359 g/mol. The lowest BCUT2D eigenvalue weighted by Gasteiger charge is -2.23. The van der Waals surface area contributed by atoms with Gasteiger partial charge < -0.3 is 0 Å². The van der Waals surface area contributed by atoms with Crippen LogP contribution in [0, 0.1) is 5.82 Å². The molecule has 5 rings (SSSR count). The van der Waals surface area contributed by atoms with Crippen LogP contribution >= 0.6 is 0 Å². The normalized spacial score (nSPS) is 18.4. The number of halogens is 1. The van der Waals surface area contributed by atoms with Crippen LogP contribution in [0.3, 0.4) is 0 Å². The fraction of sp³-hybridized carbons (Fsp3) is 0.150. The molecule has 0 aliphatic carbocycles. The number of aromatic amines is 1. The SMILES string of the molecule is Cn1ncnc1C1c2n[nH]c(=O)c3cc(F)cc(c23)N=CC1c1ccccc1. The molecule has 3 heterocycles. The van der Waals surface area contributed by atoms with E-state index in [9.17, 15) is 9.18 Å². The summed E-state index contributed by atoms with van der Waals surface area (Å²) in [6.45, 7) is 0. The lowest BCUT2D eigenvalue weighted by molar-refractivity contribution is 0.611. The highest BCUT2D eigenvalue weighted by atomic mass is 19.1. The van der Waals surface area contributed by atoms with Crippen LogP contribution in [0.5, 0.6) is 0 Å². The van der Waals surface area contributed by atoms with Crippen LogP contribution in [0.2, 0.25) is 0 Å². The van der Waals surface area contributed by atoms with E-state index in [0.29, 0.717) is 22.6 Å². The Bertz CT molecular complexity index is 1280. The van der Waals surface area contributed by atoms with Gasteiger partial charge >= 0.3 is 0 Å². The minimum Gasteiger partial charge on any atom is -0.267 e. The molecule has 2 unspecified atom stereocenters. The van der Waals surface area contributed by atoms with E-state index in [1.807, 2.05) is 30.3 Å². The molecule has 2 aromatic heterocycles. The van der Waals surface area contributed by atoms with Crippen molar-refractivity contribution in [2.24, 2.45) is 12.0 Å². The van der Waals surface area contributed by atoms with Gasteiger partial charge in [0.05, 0.1) is 22.7 Å². The fourth-order valence-electron chi connectivity index (χ4n) is 3.83. The van der Waals surface area contributed by atoms with Gasteiger partial charge in [-0.2, -0.15) is 10.2 Å². The Morgan fingerprint density at radius 2 is 2.00 bits per heavy atom. The van der Waals surface area contributed by atoms with Crippen molar-refractivity contribution in [1.29, 1.82) is 0 Å². The van der Waals surface area contributed by atoms with Crippen molar-refractivity contribution < 1.29 is 4.39 Å². The molecule has 0 saturated heterocycles. The molecule has 4 aromatic rings.